The summed E-state index contributed by atoms with van der Waals surface area (Å²) in [5, 5.41) is 10.9. The Kier molecular flexibility index (Phi) is 5.09. The predicted molar refractivity (Wildman–Crippen MR) is 79.4 cm³/mol. The second-order valence-electron chi connectivity index (χ2n) is 5.82. The van der Waals surface area contributed by atoms with Crippen LogP contribution in [-0.2, 0) is 0 Å². The molecule has 0 N–H and O–H groups in total. The van der Waals surface area contributed by atoms with Crippen LogP contribution in [0.3, 0.4) is 0 Å². The van der Waals surface area contributed by atoms with E-state index in [1.165, 1.54) is 32.6 Å². The van der Waals surface area contributed by atoms with Gasteiger partial charge in [0.2, 0.25) is 0 Å². The summed E-state index contributed by atoms with van der Waals surface area (Å²) >= 11 is 0. The minimum Gasteiger partial charge on any atom is -0.476 e. The van der Waals surface area contributed by atoms with Gasteiger partial charge in [0.25, 0.3) is 5.88 Å². The lowest BCUT2D eigenvalue weighted by Crippen LogP contribution is -2.25. The Morgan fingerprint density at radius 3 is 2.81 bits per heavy atom. The molecule has 1 fully saturated rings. The highest BCUT2D eigenvalue weighted by molar-refractivity contribution is 5.38. The van der Waals surface area contributed by atoms with Crippen molar-refractivity contribution >= 4 is 5.69 Å². The molecule has 1 aliphatic carbocycles. The first-order valence-electron chi connectivity index (χ1n) is 7.63. The Balaban J connectivity index is 2.32. The average molecular weight is 293 g/mol. The second kappa shape index (κ2) is 6.83. The van der Waals surface area contributed by atoms with Gasteiger partial charge in [-0.2, -0.15) is 4.98 Å². The average Bonchev–Trinajstić information content (AvgIpc) is 2.53. The van der Waals surface area contributed by atoms with Gasteiger partial charge in [-0.25, -0.2) is 4.98 Å². The number of hydrogen-bond acceptors (Lipinski definition) is 5. The van der Waals surface area contributed by atoms with E-state index in [4.69, 9.17) is 4.74 Å². The van der Waals surface area contributed by atoms with Crippen molar-refractivity contribution in [1.82, 2.24) is 9.97 Å². The van der Waals surface area contributed by atoms with Gasteiger partial charge in [-0.05, 0) is 24.7 Å². The first kappa shape index (κ1) is 15.7. The van der Waals surface area contributed by atoms with Crippen molar-refractivity contribution in [2.75, 3.05) is 7.11 Å². The molecule has 1 saturated carbocycles. The highest BCUT2D eigenvalue weighted by atomic mass is 16.6. The van der Waals surface area contributed by atoms with Gasteiger partial charge < -0.3 is 4.74 Å². The highest BCUT2D eigenvalue weighted by Crippen LogP contribution is 2.42. The van der Waals surface area contributed by atoms with Gasteiger partial charge in [-0.3, -0.25) is 10.1 Å². The van der Waals surface area contributed by atoms with Crippen LogP contribution in [0.25, 0.3) is 0 Å². The van der Waals surface area contributed by atoms with Crippen LogP contribution in [0.1, 0.15) is 57.7 Å². The zero-order chi connectivity index (χ0) is 15.4. The Morgan fingerprint density at radius 2 is 2.19 bits per heavy atom. The van der Waals surface area contributed by atoms with Gasteiger partial charge in [0.1, 0.15) is 12.0 Å². The second-order valence-corrected chi connectivity index (χ2v) is 5.82. The van der Waals surface area contributed by atoms with Gasteiger partial charge in [0, 0.05) is 5.92 Å². The van der Waals surface area contributed by atoms with Crippen LogP contribution in [0.15, 0.2) is 6.20 Å². The summed E-state index contributed by atoms with van der Waals surface area (Å²) in [6.45, 7) is 4.47. The summed E-state index contributed by atoms with van der Waals surface area (Å²) < 4.78 is 5.07. The first-order chi connectivity index (χ1) is 10.1. The largest absolute Gasteiger partial charge is 0.476 e. The molecule has 116 valence electrons. The molecular weight excluding hydrogens is 270 g/mol. The molecule has 6 nitrogen and oxygen atoms in total. The number of hydrogen-bond donors (Lipinski definition) is 0. The molecule has 0 aromatic carbocycles. The van der Waals surface area contributed by atoms with E-state index < -0.39 is 4.92 Å². The summed E-state index contributed by atoms with van der Waals surface area (Å²) in [7, 11) is 1.41. The smallest absolute Gasteiger partial charge is 0.349 e. The van der Waals surface area contributed by atoms with Crippen molar-refractivity contribution in [3.05, 3.63) is 22.1 Å². The van der Waals surface area contributed by atoms with Crippen LogP contribution in [0.5, 0.6) is 5.88 Å². The van der Waals surface area contributed by atoms with Gasteiger partial charge in [-0.1, -0.05) is 33.1 Å². The molecule has 0 bridgehead atoms. The number of aromatic nitrogens is 2. The predicted octanol–water partition coefficient (Wildman–Crippen LogP) is 3.71. The molecule has 3 atom stereocenters. The molecule has 0 spiro atoms. The number of methoxy groups -OCH3 is 1. The molecule has 1 unspecified atom stereocenters. The third kappa shape index (κ3) is 3.31. The number of rotatable bonds is 5. The normalized spacial score (nSPS) is 23.6. The lowest BCUT2D eigenvalue weighted by atomic mass is 9.72. The Bertz CT molecular complexity index is 507. The van der Waals surface area contributed by atoms with Gasteiger partial charge in [-0.15, -0.1) is 0 Å². The summed E-state index contributed by atoms with van der Waals surface area (Å²) in [5.74, 6) is 2.21. The van der Waals surface area contributed by atoms with Gasteiger partial charge in [0.15, 0.2) is 0 Å². The fourth-order valence-corrected chi connectivity index (χ4v) is 3.29. The maximum atomic E-state index is 10.9. The molecule has 0 radical (unpaired) electrons. The SMILES string of the molecule is CC[C@H](C)[C@@H]1CCCCC1c1ncc([N+](=O)[O-])c(OC)n1. The summed E-state index contributed by atoms with van der Waals surface area (Å²) in [6, 6.07) is 0. The number of nitro groups is 1. The lowest BCUT2D eigenvalue weighted by Gasteiger charge is -2.34. The minimum atomic E-state index is -0.504. The molecule has 2 rings (SSSR count). The van der Waals surface area contributed by atoms with E-state index in [1.807, 2.05) is 0 Å². The Labute approximate surface area is 125 Å². The molecule has 0 aliphatic heterocycles. The van der Waals surface area contributed by atoms with Crippen LogP contribution in [0, 0.1) is 22.0 Å². The van der Waals surface area contributed by atoms with E-state index in [0.29, 0.717) is 17.7 Å². The zero-order valence-corrected chi connectivity index (χ0v) is 12.9. The van der Waals surface area contributed by atoms with Crippen molar-refractivity contribution in [1.29, 1.82) is 0 Å². The van der Waals surface area contributed by atoms with Crippen molar-refractivity contribution < 1.29 is 9.66 Å². The topological polar surface area (TPSA) is 78.2 Å². The molecular formula is C15H23N3O3. The molecule has 1 aromatic rings. The summed E-state index contributed by atoms with van der Waals surface area (Å²) in [4.78, 5) is 19.0. The van der Waals surface area contributed by atoms with E-state index in [9.17, 15) is 10.1 Å². The standard InChI is InChI=1S/C15H23N3O3/c1-4-10(2)11-7-5-6-8-12(11)14-16-9-13(18(19)20)15(17-14)21-3/h9-12H,4-8H2,1-3H3/t10-,11-,12?/m0/s1. The minimum absolute atomic E-state index is 0.0680. The first-order valence-corrected chi connectivity index (χ1v) is 7.63. The van der Waals surface area contributed by atoms with Crippen LogP contribution in [-0.4, -0.2) is 22.0 Å². The zero-order valence-electron chi connectivity index (χ0n) is 12.9. The van der Waals surface area contributed by atoms with E-state index >= 15 is 0 Å². The van der Waals surface area contributed by atoms with Crippen LogP contribution in [0.2, 0.25) is 0 Å². The van der Waals surface area contributed by atoms with Crippen LogP contribution >= 0.6 is 0 Å². The maximum absolute atomic E-state index is 10.9. The molecule has 1 heterocycles. The fraction of sp³-hybridized carbons (Fsp3) is 0.733. The van der Waals surface area contributed by atoms with E-state index in [2.05, 4.69) is 23.8 Å². The number of nitrogens with zero attached hydrogens (tertiary/aromatic N) is 3. The van der Waals surface area contributed by atoms with Crippen LogP contribution < -0.4 is 4.74 Å². The molecule has 0 amide bonds. The highest BCUT2D eigenvalue weighted by Gasteiger charge is 2.33. The third-order valence-corrected chi connectivity index (χ3v) is 4.67. The van der Waals surface area contributed by atoms with Crippen molar-refractivity contribution in [2.24, 2.45) is 11.8 Å². The summed E-state index contributed by atoms with van der Waals surface area (Å²) in [5.41, 5.74) is -0.169. The monoisotopic (exact) mass is 293 g/mol. The molecule has 0 saturated heterocycles. The van der Waals surface area contributed by atoms with Gasteiger partial charge in [0.05, 0.1) is 12.0 Å². The van der Waals surface area contributed by atoms with E-state index in [1.54, 1.807) is 0 Å². The lowest BCUT2D eigenvalue weighted by molar-refractivity contribution is -0.386. The third-order valence-electron chi connectivity index (χ3n) is 4.67. The molecule has 6 heteroatoms. The fourth-order valence-electron chi connectivity index (χ4n) is 3.29. The van der Waals surface area contributed by atoms with Crippen molar-refractivity contribution in [2.45, 2.75) is 51.9 Å². The molecule has 21 heavy (non-hydrogen) atoms. The molecule has 1 aromatic heterocycles. The maximum Gasteiger partial charge on any atom is 0.349 e. The van der Waals surface area contributed by atoms with Crippen molar-refractivity contribution in [3.63, 3.8) is 0 Å². The van der Waals surface area contributed by atoms with E-state index in [-0.39, 0.29) is 17.5 Å². The number of ether oxygens (including phenoxy) is 1. The van der Waals surface area contributed by atoms with Crippen LogP contribution in [0.4, 0.5) is 5.69 Å². The Morgan fingerprint density at radius 1 is 1.48 bits per heavy atom. The quantitative estimate of drug-likeness (QED) is 0.610. The summed E-state index contributed by atoms with van der Waals surface area (Å²) in [6.07, 6.45) is 7.06. The molecule has 1 aliphatic rings. The van der Waals surface area contributed by atoms with E-state index in [0.717, 1.165) is 12.8 Å². The van der Waals surface area contributed by atoms with Gasteiger partial charge >= 0.3 is 5.69 Å². The van der Waals surface area contributed by atoms with Crippen molar-refractivity contribution in [3.8, 4) is 5.88 Å². The Hall–Kier alpha value is -1.72.